The summed E-state index contributed by atoms with van der Waals surface area (Å²) in [5, 5.41) is 17.3. The van der Waals surface area contributed by atoms with Crippen molar-refractivity contribution in [3.63, 3.8) is 0 Å². The number of nitriles is 1. The summed E-state index contributed by atoms with van der Waals surface area (Å²) in [6.07, 6.45) is 1.49. The van der Waals surface area contributed by atoms with Crippen molar-refractivity contribution in [3.8, 4) is 17.5 Å². The van der Waals surface area contributed by atoms with Gasteiger partial charge in [-0.3, -0.25) is 4.79 Å². The first-order valence-corrected chi connectivity index (χ1v) is 9.72. The Labute approximate surface area is 184 Å². The Balaban J connectivity index is 1.95. The number of hydrogen-bond donors (Lipinski definition) is 1. The Morgan fingerprint density at radius 1 is 1.26 bits per heavy atom. The van der Waals surface area contributed by atoms with Crippen molar-refractivity contribution >= 4 is 29.3 Å². The quantitative estimate of drug-likeness (QED) is 0.441. The second-order valence-electron chi connectivity index (χ2n) is 6.90. The number of halogens is 2. The van der Waals surface area contributed by atoms with Crippen LogP contribution in [0.5, 0.6) is 5.75 Å². The van der Waals surface area contributed by atoms with E-state index in [4.69, 9.17) is 16.3 Å². The van der Waals surface area contributed by atoms with Crippen molar-refractivity contribution in [2.24, 2.45) is 0 Å². The lowest BCUT2D eigenvalue weighted by atomic mass is 10.1. The monoisotopic (exact) mass is 438 g/mol. The lowest BCUT2D eigenvalue weighted by Crippen LogP contribution is -2.14. The molecule has 8 heteroatoms. The average molecular weight is 439 g/mol. The number of carbonyl (C=O) groups is 1. The fraction of sp³-hybridized carbons (Fsp3) is 0.174. The maximum Gasteiger partial charge on any atom is 0.266 e. The number of carbonyl (C=O) groups excluding carboxylic acids is 1. The fourth-order valence-electron chi connectivity index (χ4n) is 3.11. The molecule has 1 heterocycles. The lowest BCUT2D eigenvalue weighted by Gasteiger charge is -2.12. The van der Waals surface area contributed by atoms with E-state index in [0.717, 1.165) is 5.56 Å². The molecular weight excluding hydrogens is 419 g/mol. The largest absolute Gasteiger partial charge is 0.495 e. The normalized spacial score (nSPS) is 11.2. The number of amides is 1. The molecule has 1 aromatic heterocycles. The van der Waals surface area contributed by atoms with Crippen LogP contribution in [-0.2, 0) is 4.79 Å². The molecule has 0 atom stereocenters. The Hall–Kier alpha value is -3.63. The smallest absolute Gasteiger partial charge is 0.266 e. The molecule has 3 rings (SSSR count). The summed E-state index contributed by atoms with van der Waals surface area (Å²) < 4.78 is 20.1. The third kappa shape index (κ3) is 4.60. The van der Waals surface area contributed by atoms with Crippen LogP contribution in [-0.4, -0.2) is 22.8 Å². The number of benzene rings is 2. The van der Waals surface area contributed by atoms with Crippen LogP contribution in [0.1, 0.15) is 22.5 Å². The van der Waals surface area contributed by atoms with E-state index in [1.807, 2.05) is 13.0 Å². The molecule has 3 aromatic rings. The predicted octanol–water partition coefficient (Wildman–Crippen LogP) is 5.14. The third-order valence-corrected chi connectivity index (χ3v) is 5.21. The minimum absolute atomic E-state index is 0.0977. The van der Waals surface area contributed by atoms with Gasteiger partial charge < -0.3 is 10.1 Å². The van der Waals surface area contributed by atoms with E-state index in [-0.39, 0.29) is 11.4 Å². The molecule has 0 saturated heterocycles. The number of aromatic nitrogens is 2. The van der Waals surface area contributed by atoms with Gasteiger partial charge in [-0.1, -0.05) is 11.6 Å². The Morgan fingerprint density at radius 2 is 1.94 bits per heavy atom. The van der Waals surface area contributed by atoms with E-state index in [0.29, 0.717) is 39.1 Å². The molecule has 1 amide bonds. The maximum atomic E-state index is 13.2. The van der Waals surface area contributed by atoms with Crippen LogP contribution >= 0.6 is 11.6 Å². The first-order chi connectivity index (χ1) is 14.7. The summed E-state index contributed by atoms with van der Waals surface area (Å²) in [5.41, 5.74) is 3.71. The summed E-state index contributed by atoms with van der Waals surface area (Å²) in [7, 11) is 1.47. The summed E-state index contributed by atoms with van der Waals surface area (Å²) in [5.74, 6) is -0.546. The molecule has 0 unspecified atom stereocenters. The van der Waals surface area contributed by atoms with Crippen molar-refractivity contribution < 1.29 is 13.9 Å². The third-order valence-electron chi connectivity index (χ3n) is 4.80. The molecule has 0 fully saturated rings. The Bertz CT molecular complexity index is 1220. The van der Waals surface area contributed by atoms with Crippen molar-refractivity contribution in [2.75, 3.05) is 12.4 Å². The molecule has 31 heavy (non-hydrogen) atoms. The minimum Gasteiger partial charge on any atom is -0.495 e. The second-order valence-corrected chi connectivity index (χ2v) is 7.31. The average Bonchev–Trinajstić information content (AvgIpc) is 3.02. The van der Waals surface area contributed by atoms with Crippen molar-refractivity contribution in [1.82, 2.24) is 9.78 Å². The molecule has 158 valence electrons. The standard InChI is InChI=1S/C23H20ClFN4O2/c1-13-9-21(22(31-4)11-20(13)24)27-23(30)16(12-26)10-19-14(2)28-29(15(19)3)18-7-5-17(25)6-8-18/h5-11H,1-4H3,(H,27,30)/b16-10+. The second kappa shape index (κ2) is 9.02. The highest BCUT2D eigenvalue weighted by atomic mass is 35.5. The van der Waals surface area contributed by atoms with Crippen LogP contribution in [0, 0.1) is 37.9 Å². The van der Waals surface area contributed by atoms with E-state index in [1.54, 1.807) is 42.8 Å². The fourth-order valence-corrected chi connectivity index (χ4v) is 3.26. The van der Waals surface area contributed by atoms with Crippen molar-refractivity contribution in [2.45, 2.75) is 20.8 Å². The summed E-state index contributed by atoms with van der Waals surface area (Å²) >= 11 is 6.11. The number of anilines is 1. The Kier molecular flexibility index (Phi) is 6.42. The first kappa shape index (κ1) is 22.1. The van der Waals surface area contributed by atoms with E-state index in [9.17, 15) is 14.4 Å². The zero-order valence-corrected chi connectivity index (χ0v) is 18.2. The highest BCUT2D eigenvalue weighted by molar-refractivity contribution is 6.31. The van der Waals surface area contributed by atoms with Gasteiger partial charge in [-0.05, 0) is 62.7 Å². The SMILES string of the molecule is COc1cc(Cl)c(C)cc1NC(=O)/C(C#N)=C/c1c(C)nn(-c2ccc(F)cc2)c1C. The summed E-state index contributed by atoms with van der Waals surface area (Å²) in [4.78, 5) is 12.8. The van der Waals surface area contributed by atoms with Crippen LogP contribution in [0.15, 0.2) is 42.0 Å². The van der Waals surface area contributed by atoms with Crippen LogP contribution in [0.2, 0.25) is 5.02 Å². The number of hydrogen-bond acceptors (Lipinski definition) is 4. The van der Waals surface area contributed by atoms with Gasteiger partial charge in [-0.2, -0.15) is 10.4 Å². The van der Waals surface area contributed by atoms with E-state index in [2.05, 4.69) is 10.4 Å². The molecule has 0 aliphatic rings. The van der Waals surface area contributed by atoms with Gasteiger partial charge in [0.25, 0.3) is 5.91 Å². The van der Waals surface area contributed by atoms with Gasteiger partial charge in [0.05, 0.1) is 24.2 Å². The maximum absolute atomic E-state index is 13.2. The zero-order chi connectivity index (χ0) is 22.7. The molecule has 0 bridgehead atoms. The van der Waals surface area contributed by atoms with Crippen LogP contribution < -0.4 is 10.1 Å². The van der Waals surface area contributed by atoms with E-state index in [1.165, 1.54) is 25.3 Å². The van der Waals surface area contributed by atoms with Gasteiger partial charge in [-0.25, -0.2) is 9.07 Å². The molecule has 0 radical (unpaired) electrons. The summed E-state index contributed by atoms with van der Waals surface area (Å²) in [6, 6.07) is 11.1. The van der Waals surface area contributed by atoms with Crippen molar-refractivity contribution in [3.05, 3.63) is 75.3 Å². The van der Waals surface area contributed by atoms with Gasteiger partial charge >= 0.3 is 0 Å². The van der Waals surface area contributed by atoms with Crippen LogP contribution in [0.3, 0.4) is 0 Å². The number of methoxy groups -OCH3 is 1. The molecule has 0 spiro atoms. The van der Waals surface area contributed by atoms with Crippen molar-refractivity contribution in [1.29, 1.82) is 5.26 Å². The molecule has 1 N–H and O–H groups in total. The highest BCUT2D eigenvalue weighted by Gasteiger charge is 2.17. The van der Waals surface area contributed by atoms with Gasteiger partial charge in [0, 0.05) is 22.3 Å². The van der Waals surface area contributed by atoms with E-state index >= 15 is 0 Å². The Morgan fingerprint density at radius 3 is 2.55 bits per heavy atom. The number of nitrogens with zero attached hydrogens (tertiary/aromatic N) is 3. The topological polar surface area (TPSA) is 79.9 Å². The van der Waals surface area contributed by atoms with Crippen LogP contribution in [0.4, 0.5) is 10.1 Å². The predicted molar refractivity (Wildman–Crippen MR) is 118 cm³/mol. The van der Waals surface area contributed by atoms with Gasteiger partial charge in [0.1, 0.15) is 23.2 Å². The first-order valence-electron chi connectivity index (χ1n) is 9.34. The molecule has 0 saturated carbocycles. The van der Waals surface area contributed by atoms with E-state index < -0.39 is 5.91 Å². The lowest BCUT2D eigenvalue weighted by molar-refractivity contribution is -0.112. The highest BCUT2D eigenvalue weighted by Crippen LogP contribution is 2.31. The zero-order valence-electron chi connectivity index (χ0n) is 17.5. The van der Waals surface area contributed by atoms with Gasteiger partial charge in [0.15, 0.2) is 0 Å². The molecule has 6 nitrogen and oxygen atoms in total. The number of ether oxygens (including phenoxy) is 1. The number of rotatable bonds is 5. The number of aryl methyl sites for hydroxylation is 2. The number of nitrogens with one attached hydrogen (secondary N) is 1. The molecule has 0 aliphatic carbocycles. The molecule has 0 aliphatic heterocycles. The van der Waals surface area contributed by atoms with Gasteiger partial charge in [0.2, 0.25) is 0 Å². The molecular formula is C23H20ClFN4O2. The molecule has 2 aromatic carbocycles. The van der Waals surface area contributed by atoms with Gasteiger partial charge in [-0.15, -0.1) is 0 Å². The van der Waals surface area contributed by atoms with Crippen LogP contribution in [0.25, 0.3) is 11.8 Å². The summed E-state index contributed by atoms with van der Waals surface area (Å²) in [6.45, 7) is 5.39. The minimum atomic E-state index is -0.587.